The van der Waals surface area contributed by atoms with Gasteiger partial charge >= 0.3 is 17.9 Å². The first kappa shape index (κ1) is 31.0. The van der Waals surface area contributed by atoms with Crippen molar-refractivity contribution in [2.24, 2.45) is 0 Å². The zero-order chi connectivity index (χ0) is 29.9. The number of rotatable bonds is 6. The third kappa shape index (κ3) is 8.98. The van der Waals surface area contributed by atoms with Gasteiger partial charge in [-0.25, -0.2) is 14.4 Å². The SMILES string of the molecule is CC(C)(C)OC(=O)c1ccc([S+](c2ccc(C(=O)OC(C)(C)C)cc2)c2ccc(C(=O)OC(C)(C)C)cc2)cc1. The van der Waals surface area contributed by atoms with Crippen LogP contribution in [0.25, 0.3) is 0 Å². The van der Waals surface area contributed by atoms with Crippen molar-refractivity contribution < 1.29 is 28.6 Å². The normalized spacial score (nSPS) is 12.2. The van der Waals surface area contributed by atoms with Gasteiger partial charge in [0, 0.05) is 0 Å². The molecule has 3 aromatic rings. The number of hydrogen-bond acceptors (Lipinski definition) is 6. The molecule has 6 nitrogen and oxygen atoms in total. The van der Waals surface area contributed by atoms with Gasteiger partial charge in [-0.1, -0.05) is 0 Å². The lowest BCUT2D eigenvalue weighted by Gasteiger charge is -2.20. The van der Waals surface area contributed by atoms with Crippen LogP contribution in [0.2, 0.25) is 0 Å². The van der Waals surface area contributed by atoms with E-state index in [2.05, 4.69) is 0 Å². The van der Waals surface area contributed by atoms with Gasteiger partial charge in [0.05, 0.1) is 27.6 Å². The van der Waals surface area contributed by atoms with Crippen LogP contribution in [0, 0.1) is 0 Å². The highest BCUT2D eigenvalue weighted by molar-refractivity contribution is 7.97. The van der Waals surface area contributed by atoms with Crippen molar-refractivity contribution >= 4 is 28.8 Å². The van der Waals surface area contributed by atoms with E-state index in [1.807, 2.05) is 98.7 Å². The first-order valence-electron chi connectivity index (χ1n) is 13.2. The van der Waals surface area contributed by atoms with E-state index < -0.39 is 27.7 Å². The van der Waals surface area contributed by atoms with Gasteiger partial charge in [0.25, 0.3) is 0 Å². The molecule has 0 saturated carbocycles. The van der Waals surface area contributed by atoms with Crippen LogP contribution >= 0.6 is 0 Å². The molecule has 0 radical (unpaired) electrons. The summed E-state index contributed by atoms with van der Waals surface area (Å²) in [5.74, 6) is -1.16. The summed E-state index contributed by atoms with van der Waals surface area (Å²) in [6, 6.07) is 22.0. The molecule has 40 heavy (non-hydrogen) atoms. The first-order chi connectivity index (χ1) is 18.4. The van der Waals surface area contributed by atoms with Crippen LogP contribution in [0.3, 0.4) is 0 Å². The van der Waals surface area contributed by atoms with E-state index in [-0.39, 0.29) is 17.9 Å². The van der Waals surface area contributed by atoms with Gasteiger partial charge in [0.1, 0.15) is 16.8 Å². The van der Waals surface area contributed by atoms with E-state index in [1.54, 1.807) is 36.4 Å². The Morgan fingerprint density at radius 1 is 0.425 bits per heavy atom. The summed E-state index contributed by atoms with van der Waals surface area (Å²) in [4.78, 5) is 40.6. The molecule has 0 aliphatic rings. The van der Waals surface area contributed by atoms with Crippen molar-refractivity contribution in [2.75, 3.05) is 0 Å². The Balaban J connectivity index is 1.98. The van der Waals surface area contributed by atoms with Gasteiger partial charge < -0.3 is 14.2 Å². The van der Waals surface area contributed by atoms with E-state index in [9.17, 15) is 14.4 Å². The molecule has 0 amide bonds. The minimum Gasteiger partial charge on any atom is -0.456 e. The van der Waals surface area contributed by atoms with Crippen molar-refractivity contribution in [2.45, 2.75) is 93.8 Å². The van der Waals surface area contributed by atoms with Crippen molar-refractivity contribution in [3.05, 3.63) is 89.5 Å². The van der Waals surface area contributed by atoms with Crippen molar-refractivity contribution in [3.63, 3.8) is 0 Å². The second-order valence-electron chi connectivity index (χ2n) is 12.4. The van der Waals surface area contributed by atoms with Crippen LogP contribution in [-0.2, 0) is 25.1 Å². The molecule has 0 N–H and O–H groups in total. The van der Waals surface area contributed by atoms with Crippen LogP contribution in [0.15, 0.2) is 87.5 Å². The molecule has 3 aromatic carbocycles. The summed E-state index contributed by atoms with van der Waals surface area (Å²) in [5, 5.41) is 0. The standard InChI is InChI=1S/C33H39O6S/c1-31(2,3)37-28(34)22-10-16-25(17-11-22)40(26-18-12-23(13-19-26)29(35)38-32(4,5)6)27-20-14-24(15-21-27)30(36)39-33(7,8)9/h10-21H,1-9H3/q+1. The smallest absolute Gasteiger partial charge is 0.338 e. The Morgan fingerprint density at radius 2 is 0.625 bits per heavy atom. The van der Waals surface area contributed by atoms with E-state index in [0.717, 1.165) is 14.7 Å². The molecule has 0 heterocycles. The number of carbonyl (C=O) groups excluding carboxylic acids is 3. The van der Waals surface area contributed by atoms with Crippen LogP contribution in [0.5, 0.6) is 0 Å². The molecule has 0 spiro atoms. The highest BCUT2D eigenvalue weighted by Gasteiger charge is 2.31. The van der Waals surface area contributed by atoms with Crippen molar-refractivity contribution in [3.8, 4) is 0 Å². The van der Waals surface area contributed by atoms with Crippen molar-refractivity contribution in [1.82, 2.24) is 0 Å². The van der Waals surface area contributed by atoms with Gasteiger partial charge in [-0.05, 0) is 135 Å². The maximum atomic E-state index is 12.6. The number of hydrogen-bond donors (Lipinski definition) is 0. The average Bonchev–Trinajstić information content (AvgIpc) is 2.82. The van der Waals surface area contributed by atoms with Crippen LogP contribution in [0.1, 0.15) is 93.4 Å². The fourth-order valence-electron chi connectivity index (χ4n) is 3.60. The molecule has 7 heteroatoms. The molecule has 3 rings (SSSR count). The van der Waals surface area contributed by atoms with Crippen LogP contribution in [0.4, 0.5) is 0 Å². The van der Waals surface area contributed by atoms with Crippen molar-refractivity contribution in [1.29, 1.82) is 0 Å². The minimum absolute atomic E-state index is 0.387. The maximum absolute atomic E-state index is 12.6. The Kier molecular flexibility index (Phi) is 9.20. The van der Waals surface area contributed by atoms with E-state index in [0.29, 0.717) is 16.7 Å². The molecule has 0 aliphatic carbocycles. The molecule has 0 aromatic heterocycles. The first-order valence-corrected chi connectivity index (χ1v) is 14.4. The molecule has 0 fully saturated rings. The highest BCUT2D eigenvalue weighted by Crippen LogP contribution is 2.32. The van der Waals surface area contributed by atoms with Gasteiger partial charge in [-0.15, -0.1) is 0 Å². The van der Waals surface area contributed by atoms with Crippen LogP contribution in [-0.4, -0.2) is 34.7 Å². The summed E-state index contributed by atoms with van der Waals surface area (Å²) < 4.78 is 16.5. The summed E-state index contributed by atoms with van der Waals surface area (Å²) in [7, 11) is -0.593. The number of esters is 3. The second-order valence-corrected chi connectivity index (χ2v) is 14.4. The quantitative estimate of drug-likeness (QED) is 0.174. The molecule has 0 unspecified atom stereocenters. The number of benzene rings is 3. The monoisotopic (exact) mass is 563 g/mol. The molecular weight excluding hydrogens is 524 g/mol. The number of ether oxygens (including phenoxy) is 3. The maximum Gasteiger partial charge on any atom is 0.338 e. The lowest BCUT2D eigenvalue weighted by Crippen LogP contribution is -2.24. The molecular formula is C33H39O6S+. The Hall–Kier alpha value is -3.58. The highest BCUT2D eigenvalue weighted by atomic mass is 32.2. The molecule has 0 bridgehead atoms. The van der Waals surface area contributed by atoms with E-state index >= 15 is 0 Å². The molecule has 212 valence electrons. The molecule has 0 atom stereocenters. The summed E-state index contributed by atoms with van der Waals surface area (Å²) in [6.07, 6.45) is 0. The van der Waals surface area contributed by atoms with E-state index in [4.69, 9.17) is 14.2 Å². The van der Waals surface area contributed by atoms with Gasteiger partial charge in [-0.2, -0.15) is 0 Å². The Morgan fingerprint density at radius 3 is 0.800 bits per heavy atom. The largest absolute Gasteiger partial charge is 0.456 e. The third-order valence-corrected chi connectivity index (χ3v) is 7.40. The van der Waals surface area contributed by atoms with Gasteiger partial charge in [0.15, 0.2) is 14.7 Å². The summed E-state index contributed by atoms with van der Waals surface area (Å²) >= 11 is 0. The molecule has 0 aliphatic heterocycles. The van der Waals surface area contributed by atoms with Crippen LogP contribution < -0.4 is 0 Å². The lowest BCUT2D eigenvalue weighted by molar-refractivity contribution is 0.00569. The Bertz CT molecular complexity index is 1170. The van der Waals surface area contributed by atoms with Gasteiger partial charge in [-0.3, -0.25) is 0 Å². The average molecular weight is 564 g/mol. The fraction of sp³-hybridized carbons (Fsp3) is 0.364. The second kappa shape index (κ2) is 11.9. The zero-order valence-corrected chi connectivity index (χ0v) is 25.6. The summed E-state index contributed by atoms with van der Waals surface area (Å²) in [5.41, 5.74) is -0.392. The van der Waals surface area contributed by atoms with Gasteiger partial charge in [0.2, 0.25) is 0 Å². The predicted molar refractivity (Wildman–Crippen MR) is 157 cm³/mol. The minimum atomic E-state index is -0.593. The lowest BCUT2D eigenvalue weighted by atomic mass is 10.1. The molecule has 0 saturated heterocycles. The predicted octanol–water partition coefficient (Wildman–Crippen LogP) is 7.65. The third-order valence-electron chi connectivity index (χ3n) is 5.17. The zero-order valence-electron chi connectivity index (χ0n) is 24.8. The van der Waals surface area contributed by atoms with E-state index in [1.165, 1.54) is 0 Å². The topological polar surface area (TPSA) is 78.9 Å². The fourth-order valence-corrected chi connectivity index (χ4v) is 5.64. The number of carbonyl (C=O) groups is 3. The summed E-state index contributed by atoms with van der Waals surface area (Å²) in [6.45, 7) is 16.5. The Labute approximate surface area is 240 Å².